The summed E-state index contributed by atoms with van der Waals surface area (Å²) in [5, 5.41) is 12.1. The van der Waals surface area contributed by atoms with Crippen molar-refractivity contribution in [1.82, 2.24) is 5.32 Å². The van der Waals surface area contributed by atoms with Crippen LogP contribution in [0.25, 0.3) is 0 Å². The van der Waals surface area contributed by atoms with Crippen LogP contribution in [0.2, 0.25) is 0 Å². The molecule has 112 valence electrons. The molecular weight excluding hydrogens is 254 g/mol. The van der Waals surface area contributed by atoms with Gasteiger partial charge in [0.05, 0.1) is 6.61 Å². The highest BCUT2D eigenvalue weighted by molar-refractivity contribution is 5.73. The minimum atomic E-state index is -0.833. The maximum atomic E-state index is 11.1. The molecule has 0 aromatic heterocycles. The van der Waals surface area contributed by atoms with Gasteiger partial charge in [0.2, 0.25) is 0 Å². The third-order valence-corrected chi connectivity index (χ3v) is 2.97. The van der Waals surface area contributed by atoms with Gasteiger partial charge in [0.25, 0.3) is 0 Å². The van der Waals surface area contributed by atoms with Gasteiger partial charge in [0, 0.05) is 12.5 Å². The molecule has 1 aromatic carbocycles. The maximum absolute atomic E-state index is 11.1. The highest BCUT2D eigenvalue weighted by Crippen LogP contribution is 2.13. The van der Waals surface area contributed by atoms with Crippen molar-refractivity contribution in [3.8, 4) is 5.75 Å². The summed E-state index contributed by atoms with van der Waals surface area (Å²) in [5.41, 5.74) is 1.30. The molecule has 1 atom stereocenters. The minimum Gasteiger partial charge on any atom is -0.494 e. The Hall–Kier alpha value is -1.55. The lowest BCUT2D eigenvalue weighted by molar-refractivity contribution is -0.140. The molecule has 0 bridgehead atoms. The van der Waals surface area contributed by atoms with Crippen LogP contribution in [-0.4, -0.2) is 29.8 Å². The van der Waals surface area contributed by atoms with Crippen molar-refractivity contribution in [2.45, 2.75) is 52.1 Å². The summed E-state index contributed by atoms with van der Waals surface area (Å²) in [7, 11) is 0. The van der Waals surface area contributed by atoms with Gasteiger partial charge in [-0.05, 0) is 24.1 Å². The summed E-state index contributed by atoms with van der Waals surface area (Å²) >= 11 is 0. The van der Waals surface area contributed by atoms with Crippen LogP contribution in [0.3, 0.4) is 0 Å². The number of aryl methyl sites for hydroxylation is 1. The number of nitrogens with one attached hydrogen (secondary N) is 1. The minimum absolute atomic E-state index is 0.143. The first-order valence-corrected chi connectivity index (χ1v) is 7.23. The molecule has 4 nitrogen and oxygen atoms in total. The largest absolute Gasteiger partial charge is 0.494 e. The first kappa shape index (κ1) is 16.5. The van der Waals surface area contributed by atoms with Crippen molar-refractivity contribution >= 4 is 5.97 Å². The van der Waals surface area contributed by atoms with Crippen LogP contribution in [-0.2, 0) is 11.2 Å². The Morgan fingerprint density at radius 2 is 1.95 bits per heavy atom. The van der Waals surface area contributed by atoms with Crippen molar-refractivity contribution in [1.29, 1.82) is 0 Å². The van der Waals surface area contributed by atoms with Crippen LogP contribution < -0.4 is 10.1 Å². The Labute approximate surface area is 121 Å². The highest BCUT2D eigenvalue weighted by Gasteiger charge is 2.17. The Kier molecular flexibility index (Phi) is 7.09. The third-order valence-electron chi connectivity index (χ3n) is 2.97. The Balaban J connectivity index is 2.40. The highest BCUT2D eigenvalue weighted by atomic mass is 16.5. The van der Waals surface area contributed by atoms with E-state index in [9.17, 15) is 4.79 Å². The van der Waals surface area contributed by atoms with Gasteiger partial charge in [0.15, 0.2) is 0 Å². The zero-order valence-electron chi connectivity index (χ0n) is 12.6. The first-order valence-electron chi connectivity index (χ1n) is 7.23. The number of rotatable bonds is 9. The number of ether oxygens (including phenoxy) is 1. The Morgan fingerprint density at radius 3 is 2.45 bits per heavy atom. The van der Waals surface area contributed by atoms with Crippen LogP contribution in [0.1, 0.15) is 39.2 Å². The predicted octanol–water partition coefficient (Wildman–Crippen LogP) is 2.86. The summed E-state index contributed by atoms with van der Waals surface area (Å²) in [6.07, 6.45) is 2.64. The molecule has 0 aliphatic rings. The number of hydrogen-bond donors (Lipinski definition) is 2. The molecule has 1 aromatic rings. The Morgan fingerprint density at radius 1 is 1.30 bits per heavy atom. The fourth-order valence-corrected chi connectivity index (χ4v) is 2.02. The lowest BCUT2D eigenvalue weighted by Crippen LogP contribution is -2.41. The van der Waals surface area contributed by atoms with Crippen molar-refractivity contribution in [3.05, 3.63) is 29.8 Å². The zero-order chi connectivity index (χ0) is 15.0. The molecule has 20 heavy (non-hydrogen) atoms. The molecule has 0 amide bonds. The molecule has 1 unspecified atom stereocenters. The molecule has 4 heteroatoms. The summed E-state index contributed by atoms with van der Waals surface area (Å²) in [5.74, 6) is -0.0425. The van der Waals surface area contributed by atoms with Gasteiger partial charge >= 0.3 is 5.97 Å². The predicted molar refractivity (Wildman–Crippen MR) is 80.2 cm³/mol. The second kappa shape index (κ2) is 8.59. The fourth-order valence-electron chi connectivity index (χ4n) is 2.02. The van der Waals surface area contributed by atoms with Crippen molar-refractivity contribution in [2.75, 3.05) is 6.61 Å². The number of benzene rings is 1. The van der Waals surface area contributed by atoms with E-state index < -0.39 is 12.0 Å². The van der Waals surface area contributed by atoms with Gasteiger partial charge in [-0.2, -0.15) is 0 Å². The first-order chi connectivity index (χ1) is 9.52. The van der Waals surface area contributed by atoms with E-state index in [1.165, 1.54) is 5.56 Å². The van der Waals surface area contributed by atoms with Crippen LogP contribution >= 0.6 is 0 Å². The normalized spacial score (nSPS) is 12.4. The monoisotopic (exact) mass is 279 g/mol. The quantitative estimate of drug-likeness (QED) is 0.730. The number of carbonyl (C=O) groups is 1. The molecule has 0 aliphatic carbocycles. The maximum Gasteiger partial charge on any atom is 0.320 e. The number of hydrogen-bond acceptors (Lipinski definition) is 3. The van der Waals surface area contributed by atoms with E-state index in [4.69, 9.17) is 9.84 Å². The van der Waals surface area contributed by atoms with Gasteiger partial charge in [-0.3, -0.25) is 4.79 Å². The zero-order valence-corrected chi connectivity index (χ0v) is 12.6. The van der Waals surface area contributed by atoms with Crippen molar-refractivity contribution in [3.63, 3.8) is 0 Å². The molecule has 0 saturated carbocycles. The molecule has 0 spiro atoms. The van der Waals surface area contributed by atoms with Crippen LogP contribution in [0.4, 0.5) is 0 Å². The van der Waals surface area contributed by atoms with Crippen LogP contribution in [0.15, 0.2) is 24.3 Å². The summed E-state index contributed by atoms with van der Waals surface area (Å²) in [6, 6.07) is 7.58. The molecule has 0 saturated heterocycles. The van der Waals surface area contributed by atoms with Gasteiger partial charge in [-0.25, -0.2) is 0 Å². The lowest BCUT2D eigenvalue weighted by atomic mass is 10.1. The van der Waals surface area contributed by atoms with E-state index in [0.717, 1.165) is 18.6 Å². The second-order valence-corrected chi connectivity index (χ2v) is 5.24. The topological polar surface area (TPSA) is 58.6 Å². The lowest BCUT2D eigenvalue weighted by Gasteiger charge is -2.17. The van der Waals surface area contributed by atoms with Gasteiger partial charge in [-0.1, -0.05) is 39.3 Å². The van der Waals surface area contributed by atoms with E-state index >= 15 is 0 Å². The molecule has 0 aliphatic heterocycles. The van der Waals surface area contributed by atoms with Crippen molar-refractivity contribution < 1.29 is 14.6 Å². The Bertz CT molecular complexity index is 401. The number of carboxylic acids is 1. The summed E-state index contributed by atoms with van der Waals surface area (Å²) < 4.78 is 5.60. The fraction of sp³-hybridized carbons (Fsp3) is 0.562. The molecule has 0 heterocycles. The van der Waals surface area contributed by atoms with E-state index in [0.29, 0.717) is 13.0 Å². The van der Waals surface area contributed by atoms with Crippen molar-refractivity contribution in [2.24, 2.45) is 0 Å². The summed E-state index contributed by atoms with van der Waals surface area (Å²) in [6.45, 7) is 6.41. The number of carboxylic acid groups (broad SMARTS) is 1. The smallest absolute Gasteiger partial charge is 0.320 e. The molecule has 2 N–H and O–H groups in total. The van der Waals surface area contributed by atoms with E-state index in [1.54, 1.807) is 0 Å². The average molecular weight is 279 g/mol. The molecule has 0 radical (unpaired) electrons. The molecule has 1 rings (SSSR count). The number of aliphatic carboxylic acids is 1. The average Bonchev–Trinajstić information content (AvgIpc) is 2.39. The third kappa shape index (κ3) is 6.06. The van der Waals surface area contributed by atoms with Gasteiger partial charge in [-0.15, -0.1) is 0 Å². The summed E-state index contributed by atoms with van der Waals surface area (Å²) in [4.78, 5) is 11.1. The van der Waals surface area contributed by atoms with E-state index in [1.807, 2.05) is 26.0 Å². The molecular formula is C16H25NO3. The molecule has 0 fully saturated rings. The van der Waals surface area contributed by atoms with E-state index in [2.05, 4.69) is 24.4 Å². The van der Waals surface area contributed by atoms with Gasteiger partial charge < -0.3 is 15.2 Å². The van der Waals surface area contributed by atoms with Crippen LogP contribution in [0.5, 0.6) is 5.75 Å². The standard InChI is InChI=1S/C16H25NO3/c1-4-5-13-6-8-14(9-7-13)20-11-10-15(16(18)19)17-12(2)3/h6-9,12,15,17H,4-5,10-11H2,1-3H3,(H,18,19). The second-order valence-electron chi connectivity index (χ2n) is 5.24. The van der Waals surface area contributed by atoms with Gasteiger partial charge in [0.1, 0.15) is 11.8 Å². The SMILES string of the molecule is CCCc1ccc(OCCC(NC(C)C)C(=O)O)cc1. The van der Waals surface area contributed by atoms with Crippen LogP contribution in [0, 0.1) is 0 Å². The van der Waals surface area contributed by atoms with E-state index in [-0.39, 0.29) is 6.04 Å².